The molecule has 5 aliphatic rings. The van der Waals surface area contributed by atoms with E-state index in [0.29, 0.717) is 0 Å². The standard InChI is InChI=1S/C17H30N2/c1-19(11-12-3-2-4-18-10-12)17-15-6-13-5-14(8-15)9-16(17)7-13/h12-18H,2-11H2,1H3. The van der Waals surface area contributed by atoms with E-state index >= 15 is 0 Å². The van der Waals surface area contributed by atoms with E-state index in [4.69, 9.17) is 0 Å². The van der Waals surface area contributed by atoms with E-state index in [1.54, 1.807) is 32.1 Å². The Bertz CT molecular complexity index is 293. The van der Waals surface area contributed by atoms with Gasteiger partial charge in [-0.1, -0.05) is 0 Å². The quantitative estimate of drug-likeness (QED) is 0.841. The molecule has 19 heavy (non-hydrogen) atoms. The Kier molecular flexibility index (Phi) is 3.35. The monoisotopic (exact) mass is 262 g/mol. The Morgan fingerprint density at radius 3 is 2.26 bits per heavy atom. The number of hydrogen-bond donors (Lipinski definition) is 1. The number of nitrogens with one attached hydrogen (secondary N) is 1. The molecule has 0 aromatic heterocycles. The fourth-order valence-corrected chi connectivity index (χ4v) is 6.23. The summed E-state index contributed by atoms with van der Waals surface area (Å²) in [4.78, 5) is 2.78. The van der Waals surface area contributed by atoms with E-state index < -0.39 is 0 Å². The van der Waals surface area contributed by atoms with Crippen molar-refractivity contribution in [2.45, 2.75) is 51.0 Å². The Morgan fingerprint density at radius 1 is 1.00 bits per heavy atom. The van der Waals surface area contributed by atoms with Gasteiger partial charge in [-0.05, 0) is 94.7 Å². The molecule has 2 nitrogen and oxygen atoms in total. The summed E-state index contributed by atoms with van der Waals surface area (Å²) >= 11 is 0. The molecule has 1 saturated heterocycles. The Labute approximate surface area is 118 Å². The largest absolute Gasteiger partial charge is 0.316 e. The van der Waals surface area contributed by atoms with Crippen molar-refractivity contribution in [2.24, 2.45) is 29.6 Å². The van der Waals surface area contributed by atoms with Crippen molar-refractivity contribution in [3.05, 3.63) is 0 Å². The highest BCUT2D eigenvalue weighted by molar-refractivity contribution is 5.01. The third-order valence-electron chi connectivity index (χ3n) is 6.63. The van der Waals surface area contributed by atoms with Crippen LogP contribution in [0, 0.1) is 29.6 Å². The van der Waals surface area contributed by atoms with Gasteiger partial charge in [0.25, 0.3) is 0 Å². The normalized spacial score (nSPS) is 48.9. The molecule has 5 rings (SSSR count). The molecule has 0 radical (unpaired) electrons. The van der Waals surface area contributed by atoms with Gasteiger partial charge >= 0.3 is 0 Å². The van der Waals surface area contributed by atoms with E-state index in [1.165, 1.54) is 32.5 Å². The second kappa shape index (κ2) is 5.04. The first-order valence-electron chi connectivity index (χ1n) is 8.70. The highest BCUT2D eigenvalue weighted by Gasteiger charge is 2.49. The average Bonchev–Trinajstić information content (AvgIpc) is 2.38. The SMILES string of the molecule is CN(CC1CCCNC1)C1C2CC3CC(C2)CC1C3. The van der Waals surface area contributed by atoms with Crippen molar-refractivity contribution in [3.8, 4) is 0 Å². The van der Waals surface area contributed by atoms with Crippen LogP contribution in [0.3, 0.4) is 0 Å². The summed E-state index contributed by atoms with van der Waals surface area (Å²) in [5.74, 6) is 5.25. The van der Waals surface area contributed by atoms with Crippen LogP contribution in [0.5, 0.6) is 0 Å². The molecule has 5 fully saturated rings. The molecule has 0 aromatic rings. The fraction of sp³-hybridized carbons (Fsp3) is 1.00. The second-order valence-electron chi connectivity index (χ2n) is 8.07. The predicted octanol–water partition coefficient (Wildman–Crippen LogP) is 2.74. The van der Waals surface area contributed by atoms with Gasteiger partial charge in [0.05, 0.1) is 0 Å². The molecule has 0 spiro atoms. The molecule has 1 N–H and O–H groups in total. The van der Waals surface area contributed by atoms with Gasteiger partial charge in [0.2, 0.25) is 0 Å². The topological polar surface area (TPSA) is 15.3 Å². The zero-order chi connectivity index (χ0) is 12.8. The van der Waals surface area contributed by atoms with Gasteiger partial charge < -0.3 is 10.2 Å². The molecule has 1 atom stereocenters. The van der Waals surface area contributed by atoms with Crippen LogP contribution in [0.15, 0.2) is 0 Å². The average molecular weight is 262 g/mol. The third-order valence-corrected chi connectivity index (χ3v) is 6.63. The summed E-state index contributed by atoms with van der Waals surface area (Å²) in [6.45, 7) is 3.86. The van der Waals surface area contributed by atoms with Crippen LogP contribution in [0.25, 0.3) is 0 Å². The maximum absolute atomic E-state index is 3.58. The molecule has 4 bridgehead atoms. The van der Waals surface area contributed by atoms with E-state index in [-0.39, 0.29) is 0 Å². The highest BCUT2D eigenvalue weighted by Crippen LogP contribution is 2.55. The van der Waals surface area contributed by atoms with E-state index in [1.807, 2.05) is 0 Å². The fourth-order valence-electron chi connectivity index (χ4n) is 6.23. The van der Waals surface area contributed by atoms with Gasteiger partial charge in [0.15, 0.2) is 0 Å². The van der Waals surface area contributed by atoms with E-state index in [2.05, 4.69) is 17.3 Å². The van der Waals surface area contributed by atoms with Crippen LogP contribution in [0.2, 0.25) is 0 Å². The highest BCUT2D eigenvalue weighted by atomic mass is 15.1. The smallest absolute Gasteiger partial charge is 0.0149 e. The number of piperidine rings is 1. The van der Waals surface area contributed by atoms with Crippen molar-refractivity contribution in [1.29, 1.82) is 0 Å². The lowest BCUT2D eigenvalue weighted by Crippen LogP contribution is -2.56. The maximum atomic E-state index is 3.58. The Morgan fingerprint density at radius 2 is 1.68 bits per heavy atom. The van der Waals surface area contributed by atoms with Crippen molar-refractivity contribution in [3.63, 3.8) is 0 Å². The van der Waals surface area contributed by atoms with Crippen molar-refractivity contribution >= 4 is 0 Å². The van der Waals surface area contributed by atoms with Crippen molar-refractivity contribution in [2.75, 3.05) is 26.7 Å². The predicted molar refractivity (Wildman–Crippen MR) is 79.1 cm³/mol. The van der Waals surface area contributed by atoms with Gasteiger partial charge in [-0.2, -0.15) is 0 Å². The van der Waals surface area contributed by atoms with Crippen LogP contribution >= 0.6 is 0 Å². The molecule has 4 aliphatic carbocycles. The van der Waals surface area contributed by atoms with Gasteiger partial charge in [-0.15, -0.1) is 0 Å². The lowest BCUT2D eigenvalue weighted by Gasteiger charge is -2.57. The summed E-state index contributed by atoms with van der Waals surface area (Å²) in [5, 5.41) is 3.58. The van der Waals surface area contributed by atoms with Crippen LogP contribution in [0.1, 0.15) is 44.9 Å². The first-order valence-corrected chi connectivity index (χ1v) is 8.70. The lowest BCUT2D eigenvalue weighted by atomic mass is 9.54. The number of nitrogens with zero attached hydrogens (tertiary/aromatic N) is 1. The van der Waals surface area contributed by atoms with E-state index in [9.17, 15) is 0 Å². The van der Waals surface area contributed by atoms with Crippen molar-refractivity contribution < 1.29 is 0 Å². The van der Waals surface area contributed by atoms with Crippen molar-refractivity contribution in [1.82, 2.24) is 10.2 Å². The summed E-state index contributed by atoms with van der Waals surface area (Å²) in [6, 6.07) is 0.940. The molecule has 0 amide bonds. The molecule has 1 unspecified atom stereocenters. The second-order valence-corrected chi connectivity index (χ2v) is 8.07. The van der Waals surface area contributed by atoms with Crippen LogP contribution in [-0.4, -0.2) is 37.6 Å². The van der Waals surface area contributed by atoms with Crippen LogP contribution < -0.4 is 5.32 Å². The Balaban J connectivity index is 1.40. The molecule has 4 saturated carbocycles. The summed E-state index contributed by atoms with van der Waals surface area (Å²) in [6.07, 6.45) is 10.7. The first kappa shape index (κ1) is 12.6. The number of hydrogen-bond acceptors (Lipinski definition) is 2. The molecule has 2 heteroatoms. The van der Waals surface area contributed by atoms with Gasteiger partial charge in [0, 0.05) is 12.6 Å². The summed E-state index contributed by atoms with van der Waals surface area (Å²) in [7, 11) is 2.43. The minimum absolute atomic E-state index is 0.913. The van der Waals surface area contributed by atoms with Gasteiger partial charge in [-0.25, -0.2) is 0 Å². The molecule has 1 aliphatic heterocycles. The zero-order valence-electron chi connectivity index (χ0n) is 12.5. The van der Waals surface area contributed by atoms with E-state index in [0.717, 1.165) is 35.6 Å². The molecule has 0 aromatic carbocycles. The zero-order valence-corrected chi connectivity index (χ0v) is 12.5. The minimum Gasteiger partial charge on any atom is -0.316 e. The molecule has 108 valence electrons. The molecular formula is C17H30N2. The van der Waals surface area contributed by atoms with Gasteiger partial charge in [-0.3, -0.25) is 0 Å². The summed E-state index contributed by atoms with van der Waals surface area (Å²) < 4.78 is 0. The third kappa shape index (κ3) is 2.35. The number of rotatable bonds is 3. The van der Waals surface area contributed by atoms with Crippen LogP contribution in [-0.2, 0) is 0 Å². The van der Waals surface area contributed by atoms with Gasteiger partial charge in [0.1, 0.15) is 0 Å². The maximum Gasteiger partial charge on any atom is 0.0149 e. The van der Waals surface area contributed by atoms with Crippen LogP contribution in [0.4, 0.5) is 0 Å². The summed E-state index contributed by atoms with van der Waals surface area (Å²) in [5.41, 5.74) is 0. The Hall–Kier alpha value is -0.0800. The first-order chi connectivity index (χ1) is 9.29. The minimum atomic E-state index is 0.913. The molecular weight excluding hydrogens is 232 g/mol. The molecule has 1 heterocycles. The lowest BCUT2D eigenvalue weighted by molar-refractivity contribution is -0.0614.